The number of hydrogen-bond donors (Lipinski definition) is 1. The van der Waals surface area contributed by atoms with Crippen molar-refractivity contribution in [3.63, 3.8) is 0 Å². The van der Waals surface area contributed by atoms with Gasteiger partial charge in [0.25, 0.3) is 0 Å². The molecule has 0 aromatic heterocycles. The van der Waals surface area contributed by atoms with Crippen molar-refractivity contribution in [2.45, 2.75) is 39.8 Å². The first-order valence-corrected chi connectivity index (χ1v) is 7.62. The van der Waals surface area contributed by atoms with E-state index in [2.05, 4.69) is 62.2 Å². The lowest BCUT2D eigenvalue weighted by Gasteiger charge is -2.31. The van der Waals surface area contributed by atoms with Gasteiger partial charge < -0.3 is 10.1 Å². The van der Waals surface area contributed by atoms with E-state index in [9.17, 15) is 0 Å². The molecule has 0 saturated carbocycles. The molecule has 0 amide bonds. The van der Waals surface area contributed by atoms with Crippen LogP contribution in [0.2, 0.25) is 0 Å². The number of benzene rings is 1. The van der Waals surface area contributed by atoms with Gasteiger partial charge in [0, 0.05) is 32.3 Å². The first-order valence-electron chi connectivity index (χ1n) is 7.62. The smallest absolute Gasteiger partial charge is 0.0589 e. The van der Waals surface area contributed by atoms with E-state index in [-0.39, 0.29) is 0 Å². The third kappa shape index (κ3) is 5.23. The van der Waals surface area contributed by atoms with Gasteiger partial charge in [-0.2, -0.15) is 0 Å². The molecule has 1 aromatic carbocycles. The first kappa shape index (κ1) is 17.2. The van der Waals surface area contributed by atoms with E-state index >= 15 is 0 Å². The van der Waals surface area contributed by atoms with Crippen LogP contribution >= 0.6 is 0 Å². The minimum absolute atomic E-state index is 0.375. The lowest BCUT2D eigenvalue weighted by atomic mass is 10.0. The lowest BCUT2D eigenvalue weighted by molar-refractivity contribution is 0.121. The van der Waals surface area contributed by atoms with Gasteiger partial charge >= 0.3 is 0 Å². The Kier molecular flexibility index (Phi) is 7.82. The predicted molar refractivity (Wildman–Crippen MR) is 86.2 cm³/mol. The van der Waals surface area contributed by atoms with Gasteiger partial charge in [0.15, 0.2) is 0 Å². The van der Waals surface area contributed by atoms with E-state index < -0.39 is 0 Å². The van der Waals surface area contributed by atoms with Crippen molar-refractivity contribution < 1.29 is 4.74 Å². The number of nitrogens with zero attached hydrogens (tertiary/aromatic N) is 1. The molecular formula is C17H30N2O. The molecule has 0 aliphatic carbocycles. The maximum Gasteiger partial charge on any atom is 0.0589 e. The standard InChI is InChI=1S/C17H30N2O/c1-6-18-17(16-10-8-7-9-15(16)4)13-19(14(2)3)11-12-20-5/h7-10,14,17-18H,6,11-13H2,1-5H3. The second-order valence-corrected chi connectivity index (χ2v) is 5.55. The maximum atomic E-state index is 5.23. The van der Waals surface area contributed by atoms with Gasteiger partial charge in [0.2, 0.25) is 0 Å². The molecule has 0 fully saturated rings. The van der Waals surface area contributed by atoms with Crippen molar-refractivity contribution in [1.29, 1.82) is 0 Å². The van der Waals surface area contributed by atoms with E-state index in [0.29, 0.717) is 12.1 Å². The van der Waals surface area contributed by atoms with Crippen LogP contribution in [0.15, 0.2) is 24.3 Å². The molecule has 0 radical (unpaired) electrons. The topological polar surface area (TPSA) is 24.5 Å². The molecule has 0 spiro atoms. The molecule has 1 aromatic rings. The van der Waals surface area contributed by atoms with Crippen LogP contribution in [-0.4, -0.2) is 44.3 Å². The van der Waals surface area contributed by atoms with Crippen LogP contribution in [0.4, 0.5) is 0 Å². The molecule has 3 heteroatoms. The summed E-state index contributed by atoms with van der Waals surface area (Å²) in [5, 5.41) is 3.62. The van der Waals surface area contributed by atoms with Crippen LogP contribution in [-0.2, 0) is 4.74 Å². The van der Waals surface area contributed by atoms with Gasteiger partial charge in [-0.05, 0) is 38.4 Å². The fraction of sp³-hybridized carbons (Fsp3) is 0.647. The molecule has 3 nitrogen and oxygen atoms in total. The van der Waals surface area contributed by atoms with Crippen molar-refractivity contribution in [3.8, 4) is 0 Å². The Morgan fingerprint density at radius 2 is 1.95 bits per heavy atom. The van der Waals surface area contributed by atoms with Crippen molar-refractivity contribution in [2.24, 2.45) is 0 Å². The highest BCUT2D eigenvalue weighted by Crippen LogP contribution is 2.19. The molecule has 0 heterocycles. The highest BCUT2D eigenvalue weighted by Gasteiger charge is 2.18. The molecule has 1 atom stereocenters. The number of rotatable bonds is 9. The minimum Gasteiger partial charge on any atom is -0.383 e. The summed E-state index contributed by atoms with van der Waals surface area (Å²) in [5.41, 5.74) is 2.76. The summed E-state index contributed by atoms with van der Waals surface area (Å²) < 4.78 is 5.23. The molecule has 0 aliphatic rings. The molecule has 1 unspecified atom stereocenters. The van der Waals surface area contributed by atoms with Gasteiger partial charge in [-0.25, -0.2) is 0 Å². The third-order valence-electron chi connectivity index (χ3n) is 3.74. The highest BCUT2D eigenvalue weighted by atomic mass is 16.5. The average Bonchev–Trinajstić information content (AvgIpc) is 2.42. The number of ether oxygens (including phenoxy) is 1. The third-order valence-corrected chi connectivity index (χ3v) is 3.74. The Morgan fingerprint density at radius 3 is 2.50 bits per heavy atom. The molecule has 1 N–H and O–H groups in total. The van der Waals surface area contributed by atoms with Gasteiger partial charge in [-0.1, -0.05) is 31.2 Å². The van der Waals surface area contributed by atoms with Crippen LogP contribution in [0.1, 0.15) is 37.9 Å². The van der Waals surface area contributed by atoms with Crippen LogP contribution < -0.4 is 5.32 Å². The molecule has 20 heavy (non-hydrogen) atoms. The van der Waals surface area contributed by atoms with Crippen molar-refractivity contribution in [2.75, 3.05) is 33.4 Å². The van der Waals surface area contributed by atoms with Gasteiger partial charge in [0.1, 0.15) is 0 Å². The summed E-state index contributed by atoms with van der Waals surface area (Å²) >= 11 is 0. The van der Waals surface area contributed by atoms with Gasteiger partial charge in [-0.15, -0.1) is 0 Å². The highest BCUT2D eigenvalue weighted by molar-refractivity contribution is 5.29. The SMILES string of the molecule is CCNC(CN(CCOC)C(C)C)c1ccccc1C. The summed E-state index contributed by atoms with van der Waals surface area (Å²) in [7, 11) is 1.77. The quantitative estimate of drug-likeness (QED) is 0.751. The van der Waals surface area contributed by atoms with Crippen LogP contribution in [0, 0.1) is 6.92 Å². The maximum absolute atomic E-state index is 5.23. The largest absolute Gasteiger partial charge is 0.383 e. The minimum atomic E-state index is 0.375. The number of likely N-dealkylation sites (N-methyl/N-ethyl adjacent to an activating group) is 1. The fourth-order valence-electron chi connectivity index (χ4n) is 2.50. The van der Waals surface area contributed by atoms with Gasteiger partial charge in [-0.3, -0.25) is 4.90 Å². The number of hydrogen-bond acceptors (Lipinski definition) is 3. The van der Waals surface area contributed by atoms with Crippen molar-refractivity contribution in [1.82, 2.24) is 10.2 Å². The van der Waals surface area contributed by atoms with Crippen LogP contribution in [0.5, 0.6) is 0 Å². The van der Waals surface area contributed by atoms with Crippen LogP contribution in [0.3, 0.4) is 0 Å². The molecular weight excluding hydrogens is 248 g/mol. The summed E-state index contributed by atoms with van der Waals surface area (Å²) in [4.78, 5) is 2.48. The predicted octanol–water partition coefficient (Wildman–Crippen LogP) is 3.00. The summed E-state index contributed by atoms with van der Waals surface area (Å²) in [6, 6.07) is 9.55. The average molecular weight is 278 g/mol. The monoisotopic (exact) mass is 278 g/mol. The second kappa shape index (κ2) is 9.11. The molecule has 0 saturated heterocycles. The Labute approximate surface area is 124 Å². The van der Waals surface area contributed by atoms with E-state index in [1.807, 2.05) is 0 Å². The van der Waals surface area contributed by atoms with Crippen molar-refractivity contribution in [3.05, 3.63) is 35.4 Å². The van der Waals surface area contributed by atoms with E-state index in [4.69, 9.17) is 4.74 Å². The lowest BCUT2D eigenvalue weighted by Crippen LogP contribution is -2.41. The molecule has 0 aliphatic heterocycles. The Hall–Kier alpha value is -0.900. The number of aryl methyl sites for hydroxylation is 1. The summed E-state index contributed by atoms with van der Waals surface area (Å²) in [6.45, 7) is 12.6. The first-order chi connectivity index (χ1) is 9.60. The van der Waals surface area contributed by atoms with Gasteiger partial charge in [0.05, 0.1) is 6.61 Å². The Morgan fingerprint density at radius 1 is 1.25 bits per heavy atom. The Balaban J connectivity index is 2.82. The summed E-state index contributed by atoms with van der Waals surface area (Å²) in [6.07, 6.45) is 0. The zero-order valence-corrected chi connectivity index (χ0v) is 13.6. The molecule has 114 valence electrons. The van der Waals surface area contributed by atoms with E-state index in [0.717, 1.165) is 26.2 Å². The summed E-state index contributed by atoms with van der Waals surface area (Å²) in [5.74, 6) is 0. The number of nitrogens with one attached hydrogen (secondary N) is 1. The second-order valence-electron chi connectivity index (χ2n) is 5.55. The van der Waals surface area contributed by atoms with E-state index in [1.165, 1.54) is 11.1 Å². The normalized spacial score (nSPS) is 13.2. The molecule has 1 rings (SSSR count). The zero-order valence-electron chi connectivity index (χ0n) is 13.6. The Bertz CT molecular complexity index is 379. The molecule has 0 bridgehead atoms. The van der Waals surface area contributed by atoms with Crippen molar-refractivity contribution >= 4 is 0 Å². The van der Waals surface area contributed by atoms with E-state index in [1.54, 1.807) is 7.11 Å². The zero-order chi connectivity index (χ0) is 15.0. The fourth-order valence-corrected chi connectivity index (χ4v) is 2.50. The van der Waals surface area contributed by atoms with Crippen LogP contribution in [0.25, 0.3) is 0 Å². The number of methoxy groups -OCH3 is 1.